The van der Waals surface area contributed by atoms with Crippen molar-refractivity contribution in [2.45, 2.75) is 38.8 Å². The molecule has 1 aromatic heterocycles. The summed E-state index contributed by atoms with van der Waals surface area (Å²) >= 11 is 3.37. The van der Waals surface area contributed by atoms with E-state index >= 15 is 0 Å². The van der Waals surface area contributed by atoms with Gasteiger partial charge in [-0.2, -0.15) is 0 Å². The van der Waals surface area contributed by atoms with Crippen LogP contribution in [-0.2, 0) is 5.54 Å². The van der Waals surface area contributed by atoms with Gasteiger partial charge in [-0.1, -0.05) is 30.3 Å². The fourth-order valence-electron chi connectivity index (χ4n) is 2.85. The first-order valence-corrected chi connectivity index (χ1v) is 9.93. The van der Waals surface area contributed by atoms with E-state index in [0.717, 1.165) is 27.7 Å². The van der Waals surface area contributed by atoms with Crippen LogP contribution in [0.25, 0.3) is 0 Å². The second-order valence-corrected chi connectivity index (χ2v) is 8.64. The minimum absolute atomic E-state index is 0.00816. The average molecular weight is 359 g/mol. The largest absolute Gasteiger partial charge is 0.345 e. The van der Waals surface area contributed by atoms with Crippen molar-refractivity contribution < 1.29 is 4.79 Å². The molecule has 1 amide bonds. The first-order valence-electron chi connectivity index (χ1n) is 8.13. The van der Waals surface area contributed by atoms with Crippen molar-refractivity contribution in [3.8, 4) is 0 Å². The Morgan fingerprint density at radius 1 is 1.25 bits per heavy atom. The smallest absolute Gasteiger partial charge is 0.261 e. The number of nitrogens with zero attached hydrogens (tertiary/aromatic N) is 1. The number of hydrogen-bond acceptors (Lipinski definition) is 4. The van der Waals surface area contributed by atoms with Gasteiger partial charge in [0.25, 0.3) is 5.91 Å². The Kier molecular flexibility index (Phi) is 5.11. The zero-order valence-electron chi connectivity index (χ0n) is 14.2. The van der Waals surface area contributed by atoms with Gasteiger partial charge in [-0.25, -0.2) is 0 Å². The van der Waals surface area contributed by atoms with Crippen LogP contribution >= 0.6 is 23.1 Å². The lowest BCUT2D eigenvalue weighted by Gasteiger charge is -2.28. The number of amides is 1. The van der Waals surface area contributed by atoms with Gasteiger partial charge in [0.1, 0.15) is 0 Å². The Bertz CT molecular complexity index is 754. The third-order valence-corrected chi connectivity index (χ3v) is 6.57. The predicted molar refractivity (Wildman–Crippen MR) is 104 cm³/mol. The van der Waals surface area contributed by atoms with Crippen LogP contribution in [0, 0.1) is 0 Å². The molecule has 0 spiro atoms. The molecule has 2 aromatic rings. The second-order valence-electron chi connectivity index (χ2n) is 6.27. The van der Waals surface area contributed by atoms with Crippen molar-refractivity contribution in [3.05, 3.63) is 57.8 Å². The van der Waals surface area contributed by atoms with E-state index in [1.807, 2.05) is 55.1 Å². The lowest BCUT2D eigenvalue weighted by Crippen LogP contribution is -2.26. The molecular formula is C19H22N2OS2. The topological polar surface area (TPSA) is 41.5 Å². The Labute approximate surface area is 151 Å². The van der Waals surface area contributed by atoms with Gasteiger partial charge in [-0.05, 0) is 44.9 Å². The molecule has 0 bridgehead atoms. The molecule has 0 saturated heterocycles. The molecule has 2 atom stereocenters. The molecule has 5 heteroatoms. The van der Waals surface area contributed by atoms with E-state index in [4.69, 9.17) is 4.99 Å². The van der Waals surface area contributed by atoms with Crippen LogP contribution in [0.4, 0.5) is 0 Å². The molecule has 1 aliphatic rings. The van der Waals surface area contributed by atoms with Crippen molar-refractivity contribution >= 4 is 34.0 Å². The third kappa shape index (κ3) is 3.73. The lowest BCUT2D eigenvalue weighted by atomic mass is 9.97. The standard InChI is InChI=1S/C19H22N2OS2/c1-13(15-7-5-4-6-8-15)20-18(22)16-9-10-17(24-16)19(3)11-12-23-14(2)21-19/h4-10,13H,11-12H2,1-3H3,(H,20,22)/t13-,19?/m1/s1. The van der Waals surface area contributed by atoms with Gasteiger partial charge >= 0.3 is 0 Å². The quantitative estimate of drug-likeness (QED) is 0.835. The van der Waals surface area contributed by atoms with Crippen LogP contribution in [0.1, 0.15) is 53.3 Å². The third-order valence-electron chi connectivity index (χ3n) is 4.31. The molecule has 3 nitrogen and oxygen atoms in total. The summed E-state index contributed by atoms with van der Waals surface area (Å²) in [5, 5.41) is 4.21. The van der Waals surface area contributed by atoms with E-state index in [1.54, 1.807) is 11.3 Å². The van der Waals surface area contributed by atoms with E-state index in [-0.39, 0.29) is 17.5 Å². The summed E-state index contributed by atoms with van der Waals surface area (Å²) in [6.45, 7) is 6.23. The number of nitrogens with one attached hydrogen (secondary N) is 1. The van der Waals surface area contributed by atoms with Gasteiger partial charge in [0, 0.05) is 10.6 Å². The van der Waals surface area contributed by atoms with Crippen LogP contribution < -0.4 is 5.32 Å². The molecule has 126 valence electrons. The maximum atomic E-state index is 12.6. The van der Waals surface area contributed by atoms with Gasteiger partial charge in [0.15, 0.2) is 0 Å². The van der Waals surface area contributed by atoms with Gasteiger partial charge in [0.2, 0.25) is 0 Å². The highest BCUT2D eigenvalue weighted by atomic mass is 32.2. The summed E-state index contributed by atoms with van der Waals surface area (Å²) in [4.78, 5) is 19.3. The minimum Gasteiger partial charge on any atom is -0.345 e. The maximum Gasteiger partial charge on any atom is 0.261 e. The highest BCUT2D eigenvalue weighted by Gasteiger charge is 2.31. The van der Waals surface area contributed by atoms with Crippen molar-refractivity contribution in [1.29, 1.82) is 0 Å². The Morgan fingerprint density at radius 3 is 2.71 bits per heavy atom. The normalized spacial score (nSPS) is 21.9. The molecule has 24 heavy (non-hydrogen) atoms. The van der Waals surface area contributed by atoms with Crippen LogP contribution in [0.3, 0.4) is 0 Å². The summed E-state index contributed by atoms with van der Waals surface area (Å²) in [7, 11) is 0. The summed E-state index contributed by atoms with van der Waals surface area (Å²) in [6, 6.07) is 14.0. The van der Waals surface area contributed by atoms with Crippen LogP contribution in [0.2, 0.25) is 0 Å². The molecule has 1 aliphatic heterocycles. The summed E-state index contributed by atoms with van der Waals surface area (Å²) in [6.07, 6.45) is 1.01. The number of rotatable bonds is 4. The van der Waals surface area contributed by atoms with Crippen molar-refractivity contribution in [2.24, 2.45) is 4.99 Å². The van der Waals surface area contributed by atoms with E-state index in [9.17, 15) is 4.79 Å². The van der Waals surface area contributed by atoms with Gasteiger partial charge in [0.05, 0.1) is 21.5 Å². The number of benzene rings is 1. The first-order chi connectivity index (χ1) is 11.5. The predicted octanol–water partition coefficient (Wildman–Crippen LogP) is 5.01. The molecular weight excluding hydrogens is 336 g/mol. The number of carbonyl (C=O) groups excluding carboxylic acids is 1. The zero-order valence-corrected chi connectivity index (χ0v) is 15.8. The molecule has 0 aliphatic carbocycles. The monoisotopic (exact) mass is 358 g/mol. The number of hydrogen-bond donors (Lipinski definition) is 1. The number of aliphatic imine (C=N–C) groups is 1. The highest BCUT2D eigenvalue weighted by Crippen LogP contribution is 2.39. The second kappa shape index (κ2) is 7.11. The maximum absolute atomic E-state index is 12.6. The van der Waals surface area contributed by atoms with E-state index in [2.05, 4.69) is 25.2 Å². The van der Waals surface area contributed by atoms with Gasteiger partial charge < -0.3 is 5.32 Å². The number of thiophene rings is 1. The first kappa shape index (κ1) is 17.2. The summed E-state index contributed by atoms with van der Waals surface area (Å²) < 4.78 is 0. The Balaban J connectivity index is 1.73. The fourth-order valence-corrected chi connectivity index (χ4v) is 4.94. The van der Waals surface area contributed by atoms with Gasteiger partial charge in [-0.15, -0.1) is 23.1 Å². The Morgan fingerprint density at radius 2 is 2.00 bits per heavy atom. The number of carbonyl (C=O) groups is 1. The molecule has 1 aromatic carbocycles. The van der Waals surface area contributed by atoms with Crippen molar-refractivity contribution in [2.75, 3.05) is 5.75 Å². The lowest BCUT2D eigenvalue weighted by molar-refractivity contribution is 0.0944. The summed E-state index contributed by atoms with van der Waals surface area (Å²) in [5.41, 5.74) is 0.919. The van der Waals surface area contributed by atoms with E-state index in [0.29, 0.717) is 0 Å². The minimum atomic E-state index is -0.191. The van der Waals surface area contributed by atoms with Crippen molar-refractivity contribution in [1.82, 2.24) is 5.32 Å². The summed E-state index contributed by atoms with van der Waals surface area (Å²) in [5.74, 6) is 1.06. The Hall–Kier alpha value is -1.59. The molecule has 0 radical (unpaired) electrons. The van der Waals surface area contributed by atoms with Crippen LogP contribution in [-0.4, -0.2) is 16.7 Å². The van der Waals surface area contributed by atoms with Crippen LogP contribution in [0.5, 0.6) is 0 Å². The molecule has 1 N–H and O–H groups in total. The average Bonchev–Trinajstić information content (AvgIpc) is 3.06. The van der Waals surface area contributed by atoms with Gasteiger partial charge in [-0.3, -0.25) is 9.79 Å². The molecule has 2 heterocycles. The van der Waals surface area contributed by atoms with Crippen LogP contribution in [0.15, 0.2) is 47.5 Å². The van der Waals surface area contributed by atoms with Crippen molar-refractivity contribution in [3.63, 3.8) is 0 Å². The fraction of sp³-hybridized carbons (Fsp3) is 0.368. The molecule has 3 rings (SSSR count). The molecule has 0 fully saturated rings. The SMILES string of the molecule is CC1=NC(C)(c2ccc(C(=O)N[C@H](C)c3ccccc3)s2)CCS1. The van der Waals surface area contributed by atoms with E-state index < -0.39 is 0 Å². The number of thioether (sulfide) groups is 1. The molecule has 0 saturated carbocycles. The van der Waals surface area contributed by atoms with E-state index in [1.165, 1.54) is 4.88 Å². The highest BCUT2D eigenvalue weighted by molar-refractivity contribution is 8.13. The zero-order chi connectivity index (χ0) is 17.2. The molecule has 1 unspecified atom stereocenters.